The van der Waals surface area contributed by atoms with Gasteiger partial charge < -0.3 is 5.32 Å². The number of amides is 1. The lowest BCUT2D eigenvalue weighted by Crippen LogP contribution is -2.33. The van der Waals surface area contributed by atoms with Crippen LogP contribution < -0.4 is 11.0 Å². The fraction of sp³-hybridized carbons (Fsp3) is 0.250. The molecule has 0 atom stereocenters. The molecule has 1 fully saturated rings. The molecule has 1 aliphatic rings. The summed E-state index contributed by atoms with van der Waals surface area (Å²) in [7, 11) is 0. The molecule has 1 amide bonds. The summed E-state index contributed by atoms with van der Waals surface area (Å²) < 4.78 is 43.0. The van der Waals surface area contributed by atoms with Crippen molar-refractivity contribution in [3.05, 3.63) is 76.0 Å². The summed E-state index contributed by atoms with van der Waals surface area (Å²) in [5, 5.41) is 6.72. The SMILES string of the molecule is O=C(Cn1nc(-c2ccc(F)cc2F)n(C2CC2)c1=O)NCc1cccc(F)c1. The quantitative estimate of drug-likeness (QED) is 0.690. The Morgan fingerprint density at radius 3 is 2.55 bits per heavy atom. The molecule has 0 radical (unpaired) electrons. The number of nitrogens with one attached hydrogen (secondary N) is 1. The van der Waals surface area contributed by atoms with E-state index in [1.807, 2.05) is 0 Å². The molecule has 2 aromatic carbocycles. The first-order chi connectivity index (χ1) is 13.9. The average molecular weight is 402 g/mol. The lowest BCUT2D eigenvalue weighted by Gasteiger charge is -2.05. The van der Waals surface area contributed by atoms with Crippen LogP contribution in [0.3, 0.4) is 0 Å². The number of rotatable bonds is 6. The van der Waals surface area contributed by atoms with Gasteiger partial charge in [0.25, 0.3) is 0 Å². The molecule has 0 unspecified atom stereocenters. The predicted molar refractivity (Wildman–Crippen MR) is 98.4 cm³/mol. The molecule has 0 aliphatic heterocycles. The smallest absolute Gasteiger partial charge is 0.346 e. The Kier molecular flexibility index (Phi) is 4.96. The number of nitrogens with zero attached hydrogens (tertiary/aromatic N) is 3. The topological polar surface area (TPSA) is 68.9 Å². The zero-order valence-corrected chi connectivity index (χ0v) is 15.2. The van der Waals surface area contributed by atoms with Gasteiger partial charge in [0, 0.05) is 18.7 Å². The Morgan fingerprint density at radius 1 is 1.10 bits per heavy atom. The molecule has 1 aliphatic carbocycles. The highest BCUT2D eigenvalue weighted by Crippen LogP contribution is 2.37. The molecule has 4 rings (SSSR count). The lowest BCUT2D eigenvalue weighted by atomic mass is 10.2. The van der Waals surface area contributed by atoms with Crippen LogP contribution in [0.2, 0.25) is 0 Å². The predicted octanol–water partition coefficient (Wildman–Crippen LogP) is 2.78. The van der Waals surface area contributed by atoms with Crippen LogP contribution in [0.15, 0.2) is 47.3 Å². The number of carbonyl (C=O) groups excluding carboxylic acids is 1. The molecule has 29 heavy (non-hydrogen) atoms. The van der Waals surface area contributed by atoms with E-state index in [1.165, 1.54) is 28.8 Å². The van der Waals surface area contributed by atoms with E-state index in [9.17, 15) is 22.8 Å². The van der Waals surface area contributed by atoms with Crippen molar-refractivity contribution in [3.8, 4) is 11.4 Å². The monoisotopic (exact) mass is 402 g/mol. The molecular formula is C20H17F3N4O2. The molecule has 0 bridgehead atoms. The number of benzene rings is 2. The van der Waals surface area contributed by atoms with E-state index in [0.717, 1.165) is 29.7 Å². The minimum Gasteiger partial charge on any atom is -0.350 e. The zero-order valence-electron chi connectivity index (χ0n) is 15.2. The van der Waals surface area contributed by atoms with Crippen molar-refractivity contribution in [2.45, 2.75) is 32.0 Å². The summed E-state index contributed by atoms with van der Waals surface area (Å²) in [6, 6.07) is 8.70. The van der Waals surface area contributed by atoms with Crippen molar-refractivity contribution in [2.24, 2.45) is 0 Å². The molecule has 1 heterocycles. The van der Waals surface area contributed by atoms with Gasteiger partial charge in [-0.3, -0.25) is 9.36 Å². The largest absolute Gasteiger partial charge is 0.350 e. The van der Waals surface area contributed by atoms with Crippen LogP contribution in [-0.2, 0) is 17.9 Å². The van der Waals surface area contributed by atoms with Gasteiger partial charge in [0.05, 0.1) is 5.56 Å². The van der Waals surface area contributed by atoms with Crippen molar-refractivity contribution in [1.29, 1.82) is 0 Å². The van der Waals surface area contributed by atoms with Crippen molar-refractivity contribution in [2.75, 3.05) is 0 Å². The molecule has 0 spiro atoms. The minimum atomic E-state index is -0.834. The summed E-state index contributed by atoms with van der Waals surface area (Å²) in [6.45, 7) is -0.280. The number of hydrogen-bond donors (Lipinski definition) is 1. The van der Waals surface area contributed by atoms with Crippen LogP contribution in [0, 0.1) is 17.5 Å². The van der Waals surface area contributed by atoms with Crippen LogP contribution in [0.1, 0.15) is 24.4 Å². The van der Waals surface area contributed by atoms with Gasteiger partial charge in [-0.2, -0.15) is 0 Å². The maximum atomic E-state index is 14.2. The van der Waals surface area contributed by atoms with E-state index < -0.39 is 29.0 Å². The standard InChI is InChI=1S/C20H17F3N4O2/c21-13-3-1-2-12(8-13)10-24-18(28)11-26-20(29)27(15-5-6-15)19(25-26)16-7-4-14(22)9-17(16)23/h1-4,7-9,15H,5-6,10-11H2,(H,24,28). The minimum absolute atomic E-state index is 0.00526. The Balaban J connectivity index is 1.56. The third-order valence-corrected chi connectivity index (χ3v) is 4.63. The fourth-order valence-electron chi connectivity index (χ4n) is 3.08. The van der Waals surface area contributed by atoms with E-state index in [2.05, 4.69) is 10.4 Å². The first-order valence-corrected chi connectivity index (χ1v) is 9.08. The molecule has 3 aromatic rings. The molecule has 1 aromatic heterocycles. The first kappa shape index (κ1) is 19.0. The van der Waals surface area contributed by atoms with Gasteiger partial charge in [-0.15, -0.1) is 5.10 Å². The van der Waals surface area contributed by atoms with Crippen molar-refractivity contribution < 1.29 is 18.0 Å². The number of aromatic nitrogens is 3. The average Bonchev–Trinajstić information content (AvgIpc) is 3.45. The summed E-state index contributed by atoms with van der Waals surface area (Å²) in [5.74, 6) is -2.42. The van der Waals surface area contributed by atoms with E-state index in [-0.39, 0.29) is 30.5 Å². The highest BCUT2D eigenvalue weighted by molar-refractivity contribution is 5.75. The van der Waals surface area contributed by atoms with Gasteiger partial charge in [0.15, 0.2) is 5.82 Å². The van der Waals surface area contributed by atoms with Gasteiger partial charge in [-0.1, -0.05) is 12.1 Å². The van der Waals surface area contributed by atoms with Crippen LogP contribution in [-0.4, -0.2) is 20.3 Å². The van der Waals surface area contributed by atoms with Crippen LogP contribution >= 0.6 is 0 Å². The van der Waals surface area contributed by atoms with Gasteiger partial charge in [-0.25, -0.2) is 22.6 Å². The normalized spacial score (nSPS) is 13.5. The van der Waals surface area contributed by atoms with E-state index in [0.29, 0.717) is 5.56 Å². The maximum absolute atomic E-state index is 14.2. The van der Waals surface area contributed by atoms with Crippen LogP contribution in [0.4, 0.5) is 13.2 Å². The van der Waals surface area contributed by atoms with Crippen molar-refractivity contribution in [3.63, 3.8) is 0 Å². The number of hydrogen-bond acceptors (Lipinski definition) is 3. The maximum Gasteiger partial charge on any atom is 0.346 e. The van der Waals surface area contributed by atoms with Gasteiger partial charge in [0.2, 0.25) is 5.91 Å². The van der Waals surface area contributed by atoms with Gasteiger partial charge >= 0.3 is 5.69 Å². The molecule has 1 N–H and O–H groups in total. The first-order valence-electron chi connectivity index (χ1n) is 9.08. The molecular weight excluding hydrogens is 385 g/mol. The Morgan fingerprint density at radius 2 is 1.86 bits per heavy atom. The second kappa shape index (κ2) is 7.57. The highest BCUT2D eigenvalue weighted by atomic mass is 19.1. The van der Waals surface area contributed by atoms with Crippen molar-refractivity contribution >= 4 is 5.91 Å². The van der Waals surface area contributed by atoms with Crippen molar-refractivity contribution in [1.82, 2.24) is 19.7 Å². The summed E-state index contributed by atoms with van der Waals surface area (Å²) in [6.07, 6.45) is 1.49. The summed E-state index contributed by atoms with van der Waals surface area (Å²) in [4.78, 5) is 25.0. The van der Waals surface area contributed by atoms with E-state index in [4.69, 9.17) is 0 Å². The number of halogens is 3. The van der Waals surface area contributed by atoms with Crippen LogP contribution in [0.5, 0.6) is 0 Å². The lowest BCUT2D eigenvalue weighted by molar-refractivity contribution is -0.122. The molecule has 9 heteroatoms. The molecule has 6 nitrogen and oxygen atoms in total. The highest BCUT2D eigenvalue weighted by Gasteiger charge is 2.31. The molecule has 1 saturated carbocycles. The summed E-state index contributed by atoms with van der Waals surface area (Å²) >= 11 is 0. The second-order valence-electron chi connectivity index (χ2n) is 6.90. The fourth-order valence-corrected chi connectivity index (χ4v) is 3.08. The Bertz CT molecular complexity index is 1130. The third-order valence-electron chi connectivity index (χ3n) is 4.63. The second-order valence-corrected chi connectivity index (χ2v) is 6.90. The number of carbonyl (C=O) groups is 1. The molecule has 150 valence electrons. The van der Waals surface area contributed by atoms with Gasteiger partial charge in [-0.05, 0) is 42.7 Å². The zero-order chi connectivity index (χ0) is 20.5. The third kappa shape index (κ3) is 4.08. The van der Waals surface area contributed by atoms with E-state index >= 15 is 0 Å². The molecule has 0 saturated heterocycles. The Labute approximate surface area is 163 Å². The van der Waals surface area contributed by atoms with E-state index in [1.54, 1.807) is 6.07 Å². The Hall–Kier alpha value is -3.36. The van der Waals surface area contributed by atoms with Gasteiger partial charge in [0.1, 0.15) is 24.0 Å². The van der Waals surface area contributed by atoms with Crippen LogP contribution in [0.25, 0.3) is 11.4 Å². The summed E-state index contributed by atoms with van der Waals surface area (Å²) in [5.41, 5.74) is 0.0322.